The van der Waals surface area contributed by atoms with E-state index in [2.05, 4.69) is 27.7 Å². The number of imidazole rings is 1. The van der Waals surface area contributed by atoms with Crippen molar-refractivity contribution in [3.8, 4) is 0 Å². The van der Waals surface area contributed by atoms with Crippen LogP contribution in [-0.4, -0.2) is 31.0 Å². The summed E-state index contributed by atoms with van der Waals surface area (Å²) in [4.78, 5) is 16.5. The molecular weight excluding hydrogens is 286 g/mol. The van der Waals surface area contributed by atoms with E-state index < -0.39 is 0 Å². The molecule has 0 atom stereocenters. The largest absolute Gasteiger partial charge is 0.337 e. The maximum atomic E-state index is 4.93. The molecule has 1 aliphatic heterocycles. The molecule has 122 valence electrons. The maximum absolute atomic E-state index is 4.93. The molecule has 4 rings (SSSR count). The molecule has 1 aliphatic carbocycles. The van der Waals surface area contributed by atoms with Crippen LogP contribution in [0.2, 0.25) is 0 Å². The molecule has 5 heteroatoms. The number of aromatic nitrogens is 4. The summed E-state index contributed by atoms with van der Waals surface area (Å²) in [5, 5.41) is 0. The third-order valence-electron chi connectivity index (χ3n) is 5.29. The molecule has 2 aromatic heterocycles. The Hall–Kier alpha value is -1.75. The van der Waals surface area contributed by atoms with E-state index in [1.807, 2.05) is 12.4 Å². The number of aryl methyl sites for hydroxylation is 1. The first-order chi connectivity index (χ1) is 11.3. The van der Waals surface area contributed by atoms with Crippen LogP contribution in [0.1, 0.15) is 60.9 Å². The van der Waals surface area contributed by atoms with E-state index in [0.717, 1.165) is 37.7 Å². The molecule has 3 heterocycles. The number of rotatable bonds is 3. The highest BCUT2D eigenvalue weighted by Gasteiger charge is 2.23. The highest BCUT2D eigenvalue weighted by molar-refractivity contribution is 5.21. The summed E-state index contributed by atoms with van der Waals surface area (Å²) >= 11 is 0. The zero-order chi connectivity index (χ0) is 15.6. The van der Waals surface area contributed by atoms with Crippen LogP contribution in [0.3, 0.4) is 0 Å². The number of fused-ring (bicyclic) bond motifs is 1. The lowest BCUT2D eigenvalue weighted by molar-refractivity contribution is 0.234. The van der Waals surface area contributed by atoms with E-state index in [-0.39, 0.29) is 0 Å². The quantitative estimate of drug-likeness (QED) is 0.874. The average molecular weight is 311 g/mol. The fourth-order valence-electron chi connectivity index (χ4n) is 3.83. The van der Waals surface area contributed by atoms with Gasteiger partial charge in [-0.15, -0.1) is 0 Å². The van der Waals surface area contributed by atoms with Gasteiger partial charge in [0.25, 0.3) is 0 Å². The van der Waals surface area contributed by atoms with Crippen molar-refractivity contribution in [3.63, 3.8) is 0 Å². The maximum Gasteiger partial charge on any atom is 0.131 e. The minimum absolute atomic E-state index is 0.597. The fourth-order valence-corrected chi connectivity index (χ4v) is 3.83. The average Bonchev–Trinajstić information content (AvgIpc) is 3.00. The molecule has 0 aromatic carbocycles. The molecular formula is C18H25N5. The Kier molecular flexibility index (Phi) is 4.12. The van der Waals surface area contributed by atoms with Gasteiger partial charge < -0.3 is 4.57 Å². The van der Waals surface area contributed by atoms with Gasteiger partial charge in [0.05, 0.1) is 6.54 Å². The number of nitrogens with zero attached hydrogens (tertiary/aromatic N) is 5. The van der Waals surface area contributed by atoms with Crippen LogP contribution in [-0.2, 0) is 26.6 Å². The van der Waals surface area contributed by atoms with Crippen molar-refractivity contribution in [1.29, 1.82) is 0 Å². The van der Waals surface area contributed by atoms with Gasteiger partial charge in [-0.25, -0.2) is 15.0 Å². The molecule has 0 bridgehead atoms. The van der Waals surface area contributed by atoms with Crippen molar-refractivity contribution in [1.82, 2.24) is 24.4 Å². The van der Waals surface area contributed by atoms with Crippen molar-refractivity contribution in [3.05, 3.63) is 41.5 Å². The van der Waals surface area contributed by atoms with Crippen LogP contribution < -0.4 is 0 Å². The molecule has 0 N–H and O–H groups in total. The summed E-state index contributed by atoms with van der Waals surface area (Å²) in [5.41, 5.74) is 2.57. The van der Waals surface area contributed by atoms with Gasteiger partial charge in [-0.3, -0.25) is 4.90 Å². The summed E-state index contributed by atoms with van der Waals surface area (Å²) in [7, 11) is 2.06. The van der Waals surface area contributed by atoms with Gasteiger partial charge in [-0.05, 0) is 12.8 Å². The molecule has 0 unspecified atom stereocenters. The van der Waals surface area contributed by atoms with Crippen LogP contribution in [0, 0.1) is 0 Å². The third kappa shape index (κ3) is 3.15. The second-order valence-corrected chi connectivity index (χ2v) is 6.95. The van der Waals surface area contributed by atoms with E-state index in [0.29, 0.717) is 5.92 Å². The van der Waals surface area contributed by atoms with Gasteiger partial charge >= 0.3 is 0 Å². The molecule has 0 radical (unpaired) electrons. The van der Waals surface area contributed by atoms with Crippen LogP contribution in [0.5, 0.6) is 0 Å². The van der Waals surface area contributed by atoms with Crippen LogP contribution in [0.4, 0.5) is 0 Å². The molecule has 1 fully saturated rings. The van der Waals surface area contributed by atoms with Gasteiger partial charge in [0.15, 0.2) is 0 Å². The Morgan fingerprint density at radius 2 is 2.04 bits per heavy atom. The van der Waals surface area contributed by atoms with Gasteiger partial charge in [-0.2, -0.15) is 0 Å². The van der Waals surface area contributed by atoms with E-state index in [9.17, 15) is 0 Å². The summed E-state index contributed by atoms with van der Waals surface area (Å²) in [6.45, 7) is 2.89. The standard InChI is InChI=1S/C18H25N5/c1-22-10-8-19-17(22)13-23-9-7-16-15(12-23)11-20-18(21-16)14-5-3-2-4-6-14/h8,10-11,14H,2-7,9,12-13H2,1H3. The van der Waals surface area contributed by atoms with Crippen LogP contribution >= 0.6 is 0 Å². The van der Waals surface area contributed by atoms with Gasteiger partial charge in [0, 0.05) is 62.3 Å². The fraction of sp³-hybridized carbons (Fsp3) is 0.611. The van der Waals surface area contributed by atoms with E-state index >= 15 is 0 Å². The molecule has 0 saturated heterocycles. The highest BCUT2D eigenvalue weighted by atomic mass is 15.2. The molecule has 5 nitrogen and oxygen atoms in total. The van der Waals surface area contributed by atoms with Crippen molar-refractivity contribution in [2.75, 3.05) is 6.54 Å². The molecule has 0 amide bonds. The minimum atomic E-state index is 0.597. The normalized spacial score (nSPS) is 19.7. The third-order valence-corrected chi connectivity index (χ3v) is 5.29. The first-order valence-electron chi connectivity index (χ1n) is 8.83. The second-order valence-electron chi connectivity index (χ2n) is 6.95. The van der Waals surface area contributed by atoms with Crippen LogP contribution in [0.15, 0.2) is 18.6 Å². The Morgan fingerprint density at radius 3 is 2.83 bits per heavy atom. The minimum Gasteiger partial charge on any atom is -0.337 e. The predicted molar refractivity (Wildman–Crippen MR) is 88.9 cm³/mol. The van der Waals surface area contributed by atoms with Crippen molar-refractivity contribution in [2.24, 2.45) is 7.05 Å². The van der Waals surface area contributed by atoms with Crippen molar-refractivity contribution in [2.45, 2.75) is 57.5 Å². The topological polar surface area (TPSA) is 46.8 Å². The summed E-state index contributed by atoms with van der Waals surface area (Å²) in [5.74, 6) is 2.81. The zero-order valence-corrected chi connectivity index (χ0v) is 13.9. The van der Waals surface area contributed by atoms with Gasteiger partial charge in [0.1, 0.15) is 11.6 Å². The highest BCUT2D eigenvalue weighted by Crippen LogP contribution is 2.31. The molecule has 2 aromatic rings. The second kappa shape index (κ2) is 6.40. The smallest absolute Gasteiger partial charge is 0.131 e. The summed E-state index contributed by atoms with van der Waals surface area (Å²) in [6.07, 6.45) is 13.6. The SMILES string of the molecule is Cn1ccnc1CN1CCc2nc(C3CCCCC3)ncc2C1. The Bertz CT molecular complexity index is 672. The van der Waals surface area contributed by atoms with E-state index in [4.69, 9.17) is 9.97 Å². The lowest BCUT2D eigenvalue weighted by atomic mass is 9.88. The molecule has 0 spiro atoms. The van der Waals surface area contributed by atoms with Crippen LogP contribution in [0.25, 0.3) is 0 Å². The van der Waals surface area contributed by atoms with E-state index in [1.165, 1.54) is 43.4 Å². The Balaban J connectivity index is 1.46. The first-order valence-corrected chi connectivity index (χ1v) is 8.83. The van der Waals surface area contributed by atoms with Crippen molar-refractivity contribution < 1.29 is 0 Å². The zero-order valence-electron chi connectivity index (χ0n) is 13.9. The van der Waals surface area contributed by atoms with Gasteiger partial charge in [-0.1, -0.05) is 19.3 Å². The number of hydrogen-bond acceptors (Lipinski definition) is 4. The first kappa shape index (κ1) is 14.8. The number of hydrogen-bond donors (Lipinski definition) is 0. The summed E-state index contributed by atoms with van der Waals surface area (Å²) in [6, 6.07) is 0. The molecule has 2 aliphatic rings. The van der Waals surface area contributed by atoms with E-state index in [1.54, 1.807) is 0 Å². The van der Waals surface area contributed by atoms with Crippen molar-refractivity contribution >= 4 is 0 Å². The molecule has 23 heavy (non-hydrogen) atoms. The lowest BCUT2D eigenvalue weighted by Crippen LogP contribution is -2.32. The van der Waals surface area contributed by atoms with Gasteiger partial charge in [0.2, 0.25) is 0 Å². The summed E-state index contributed by atoms with van der Waals surface area (Å²) < 4.78 is 2.10. The predicted octanol–water partition coefficient (Wildman–Crippen LogP) is 2.82. The lowest BCUT2D eigenvalue weighted by Gasteiger charge is -2.28. The monoisotopic (exact) mass is 311 g/mol. The Morgan fingerprint density at radius 1 is 1.17 bits per heavy atom. The Labute approximate surface area is 137 Å². The molecule has 1 saturated carbocycles.